The topological polar surface area (TPSA) is 219 Å². The largest absolute Gasteiger partial charge is 0.479 e. The van der Waals surface area contributed by atoms with Crippen LogP contribution in [0.5, 0.6) is 0 Å². The van der Waals surface area contributed by atoms with Gasteiger partial charge in [0.25, 0.3) is 29.5 Å². The minimum atomic E-state index is -6.05. The van der Waals surface area contributed by atoms with E-state index in [9.17, 15) is 46.2 Å². The predicted molar refractivity (Wildman–Crippen MR) is 183 cm³/mol. The van der Waals surface area contributed by atoms with Crippen LogP contribution < -0.4 is 0 Å². The van der Waals surface area contributed by atoms with E-state index in [0.717, 1.165) is 48.5 Å². The van der Waals surface area contributed by atoms with Gasteiger partial charge in [-0.25, -0.2) is 44.6 Å². The van der Waals surface area contributed by atoms with E-state index < -0.39 is 83.8 Å². The summed E-state index contributed by atoms with van der Waals surface area (Å²) in [6.45, 7) is -1.02. The first-order chi connectivity index (χ1) is 24.6. The van der Waals surface area contributed by atoms with Gasteiger partial charge in [-0.05, 0) is 22.3 Å². The van der Waals surface area contributed by atoms with Gasteiger partial charge < -0.3 is 19.7 Å². The second-order valence-corrected chi connectivity index (χ2v) is 15.3. The van der Waals surface area contributed by atoms with Gasteiger partial charge in [0.15, 0.2) is 0 Å². The number of sulfonamides is 2. The molecule has 0 aliphatic carbocycles. The molecule has 0 aliphatic rings. The minimum Gasteiger partial charge on any atom is -0.479 e. The smallest absolute Gasteiger partial charge is 0.423 e. The Balaban J connectivity index is 1.98. The molecular formula is C35H32N2O13S2. The number of ether oxygens (including phenoxy) is 2. The van der Waals surface area contributed by atoms with Gasteiger partial charge in [-0.2, -0.15) is 0 Å². The van der Waals surface area contributed by atoms with Gasteiger partial charge in [0.2, 0.25) is 5.78 Å². The molecule has 2 N–H and O–H groups in total. The molecule has 0 heterocycles. The highest BCUT2D eigenvalue weighted by atomic mass is 32.2. The van der Waals surface area contributed by atoms with E-state index >= 15 is 4.79 Å². The van der Waals surface area contributed by atoms with Crippen molar-refractivity contribution >= 4 is 50.0 Å². The number of nitrogens with zero attached hydrogens (tertiary/aromatic N) is 2. The molecule has 0 bridgehead atoms. The highest BCUT2D eigenvalue weighted by molar-refractivity contribution is 7.94. The summed E-state index contributed by atoms with van der Waals surface area (Å²) < 4.78 is 59.8. The number of aliphatic carboxylic acids is 2. The fraction of sp³-hybridized carbons (Fsp3) is 0.171. The van der Waals surface area contributed by atoms with Crippen LogP contribution in [0.1, 0.15) is 22.3 Å². The molecule has 4 aromatic carbocycles. The molecule has 2 amide bonds. The van der Waals surface area contributed by atoms with Crippen LogP contribution in [0.3, 0.4) is 0 Å². The third-order valence-electron chi connectivity index (χ3n) is 8.02. The lowest BCUT2D eigenvalue weighted by molar-refractivity contribution is -0.150. The Kier molecular flexibility index (Phi) is 11.5. The summed E-state index contributed by atoms with van der Waals surface area (Å²) in [5.41, 5.74) is -1.09. The lowest BCUT2D eigenvalue weighted by Gasteiger charge is -2.39. The number of carboxylic acid groups (broad SMARTS) is 2. The van der Waals surface area contributed by atoms with Crippen LogP contribution in [-0.2, 0) is 66.6 Å². The number of ketones is 1. The summed E-state index contributed by atoms with van der Waals surface area (Å²) in [5.74, 6) is -7.63. The first-order valence-corrected chi connectivity index (χ1v) is 18.0. The first-order valence-electron chi connectivity index (χ1n) is 15.1. The summed E-state index contributed by atoms with van der Waals surface area (Å²) in [6.07, 6.45) is -3.38. The van der Waals surface area contributed by atoms with Gasteiger partial charge in [-0.15, -0.1) is 0 Å². The third kappa shape index (κ3) is 6.70. The molecular weight excluding hydrogens is 721 g/mol. The number of benzene rings is 4. The predicted octanol–water partition coefficient (Wildman–Crippen LogP) is 3.71. The summed E-state index contributed by atoms with van der Waals surface area (Å²) in [4.78, 5) is 68.7. The number of amides is 2. The molecule has 2 unspecified atom stereocenters. The second-order valence-electron chi connectivity index (χ2n) is 11.1. The highest BCUT2D eigenvalue weighted by Gasteiger charge is 2.74. The molecule has 2 atom stereocenters. The highest BCUT2D eigenvalue weighted by Crippen LogP contribution is 2.46. The lowest BCUT2D eigenvalue weighted by Crippen LogP contribution is -2.67. The van der Waals surface area contributed by atoms with E-state index in [4.69, 9.17) is 9.47 Å². The molecule has 17 heteroatoms. The van der Waals surface area contributed by atoms with Gasteiger partial charge in [0.1, 0.15) is 13.2 Å². The summed E-state index contributed by atoms with van der Waals surface area (Å²) in [7, 11) is -11.0. The average Bonchev–Trinajstić information content (AvgIpc) is 3.14. The van der Waals surface area contributed by atoms with Crippen molar-refractivity contribution in [3.8, 4) is 0 Å². The van der Waals surface area contributed by atoms with E-state index in [0.29, 0.717) is 25.2 Å². The zero-order valence-electron chi connectivity index (χ0n) is 27.6. The number of carbonyl (C=O) groups excluding carboxylic acids is 3. The Hall–Kier alpha value is -6.07. The molecule has 0 radical (unpaired) electrons. The average molecular weight is 753 g/mol. The van der Waals surface area contributed by atoms with Crippen molar-refractivity contribution in [2.24, 2.45) is 0 Å². The third-order valence-corrected chi connectivity index (χ3v) is 12.5. The number of hydrogen-bond acceptors (Lipinski definition) is 11. The molecule has 0 saturated carbocycles. The van der Waals surface area contributed by atoms with Crippen LogP contribution >= 0.6 is 0 Å². The summed E-state index contributed by atoms with van der Waals surface area (Å²) in [6, 6.07) is 26.2. The van der Waals surface area contributed by atoms with Crippen LogP contribution in [0, 0.1) is 0 Å². The van der Waals surface area contributed by atoms with E-state index in [1.54, 1.807) is 36.4 Å². The SMILES string of the molecule is CN(C(=O)OCc1ccccc1)S(=O)(=O)C(C(=O)O)(C(=O)C(C(=O)O)(c1ccccc1)S(=O)(=O)N(C)C(=O)OCc1ccccc1)c1ccccc1. The maximum atomic E-state index is 15.2. The van der Waals surface area contributed by atoms with Gasteiger partial charge in [-0.3, -0.25) is 4.79 Å². The van der Waals surface area contributed by atoms with Gasteiger partial charge >= 0.3 is 24.1 Å². The lowest BCUT2D eigenvalue weighted by atomic mass is 9.82. The van der Waals surface area contributed by atoms with Crippen LogP contribution in [-0.4, -0.2) is 79.7 Å². The molecule has 52 heavy (non-hydrogen) atoms. The van der Waals surface area contributed by atoms with Crippen molar-refractivity contribution in [2.75, 3.05) is 14.1 Å². The van der Waals surface area contributed by atoms with E-state index in [2.05, 4.69) is 0 Å². The molecule has 4 rings (SSSR count). The van der Waals surface area contributed by atoms with Crippen molar-refractivity contribution < 1.29 is 60.5 Å². The second kappa shape index (κ2) is 15.4. The van der Waals surface area contributed by atoms with E-state index in [1.807, 2.05) is 0 Å². The number of carbonyl (C=O) groups is 5. The maximum absolute atomic E-state index is 15.2. The van der Waals surface area contributed by atoms with Gasteiger partial charge in [0.05, 0.1) is 0 Å². The molecule has 15 nitrogen and oxygen atoms in total. The van der Waals surface area contributed by atoms with Crippen molar-refractivity contribution in [1.29, 1.82) is 0 Å². The molecule has 0 aromatic heterocycles. The van der Waals surface area contributed by atoms with Gasteiger partial charge in [0, 0.05) is 14.1 Å². The molecule has 0 aliphatic heterocycles. The number of Topliss-reactive ketones (excluding diaryl/α,β-unsaturated/α-hetero) is 1. The van der Waals surface area contributed by atoms with Gasteiger partial charge in [-0.1, -0.05) is 121 Å². The van der Waals surface area contributed by atoms with Crippen molar-refractivity contribution in [2.45, 2.75) is 22.7 Å². The Morgan fingerprint density at radius 2 is 0.788 bits per heavy atom. The Morgan fingerprint density at radius 3 is 1.06 bits per heavy atom. The van der Waals surface area contributed by atoms with Crippen molar-refractivity contribution in [1.82, 2.24) is 8.61 Å². The molecule has 0 fully saturated rings. The summed E-state index contributed by atoms with van der Waals surface area (Å²) >= 11 is 0. The van der Waals surface area contributed by atoms with Crippen LogP contribution in [0.2, 0.25) is 0 Å². The summed E-state index contributed by atoms with van der Waals surface area (Å²) in [5, 5.41) is 21.7. The Labute approximate surface area is 298 Å². The quantitative estimate of drug-likeness (QED) is 0.176. The van der Waals surface area contributed by atoms with Crippen LogP contribution in [0.25, 0.3) is 0 Å². The Morgan fingerprint density at radius 1 is 0.519 bits per heavy atom. The molecule has 272 valence electrons. The zero-order chi connectivity index (χ0) is 38.3. The molecule has 4 aromatic rings. The maximum Gasteiger partial charge on any atom is 0.423 e. The van der Waals surface area contributed by atoms with Crippen molar-refractivity contribution in [3.63, 3.8) is 0 Å². The van der Waals surface area contributed by atoms with Crippen LogP contribution in [0.15, 0.2) is 121 Å². The monoisotopic (exact) mass is 752 g/mol. The molecule has 0 spiro atoms. The number of carboxylic acids is 2. The first kappa shape index (κ1) is 38.7. The number of hydrogen-bond donors (Lipinski definition) is 2. The standard InChI is InChI=1S/C35H32N2O13S2/c1-36(32(43)49-23-25-15-7-3-8-16-25)51(45,46)34(30(39)40,27-19-11-5-12-20-27)29(38)35(31(41)42,28-21-13-6-14-22-28)52(47,48)37(2)33(44)50-24-26-17-9-4-10-18-26/h3-22H,23-24H2,1-2H3,(H,39,40)(H,41,42). The fourth-order valence-electron chi connectivity index (χ4n) is 5.28. The normalized spacial score (nSPS) is 13.7. The number of rotatable bonds is 14. The molecule has 0 saturated heterocycles. The van der Waals surface area contributed by atoms with E-state index in [-0.39, 0.29) is 8.61 Å². The Bertz CT molecular complexity index is 2010. The zero-order valence-corrected chi connectivity index (χ0v) is 29.2. The van der Waals surface area contributed by atoms with Crippen molar-refractivity contribution in [3.05, 3.63) is 144 Å². The van der Waals surface area contributed by atoms with Crippen LogP contribution in [0.4, 0.5) is 9.59 Å². The minimum absolute atomic E-state index is 0.225. The van der Waals surface area contributed by atoms with E-state index in [1.165, 1.54) is 36.4 Å². The fourth-order valence-corrected chi connectivity index (χ4v) is 8.75.